The lowest BCUT2D eigenvalue weighted by Crippen LogP contribution is -2.31. The molecule has 0 aliphatic carbocycles. The zero-order valence-corrected chi connectivity index (χ0v) is 24.5. The molecule has 0 saturated heterocycles. The van der Waals surface area contributed by atoms with Crippen LogP contribution < -0.4 is 15.9 Å². The largest absolute Gasteiger partial charge is 0.438 e. The number of nitrogens with zero attached hydrogens (tertiary/aromatic N) is 3. The van der Waals surface area contributed by atoms with Crippen molar-refractivity contribution >= 4 is 51.3 Å². The maximum Gasteiger partial charge on any atom is 0.228 e. The van der Waals surface area contributed by atoms with E-state index >= 15 is 4.57 Å². The molecule has 6 heteroatoms. The maximum atomic E-state index is 15.5. The summed E-state index contributed by atoms with van der Waals surface area (Å²) < 4.78 is 24.0. The first-order chi connectivity index (χ1) is 21.0. The Kier molecular flexibility index (Phi) is 5.85. The minimum atomic E-state index is -3.23. The van der Waals surface area contributed by atoms with Gasteiger partial charge in [-0.3, -0.25) is 9.55 Å². The van der Waals surface area contributed by atoms with Gasteiger partial charge in [-0.2, -0.15) is 0 Å². The molecule has 43 heavy (non-hydrogen) atoms. The maximum absolute atomic E-state index is 15.5. The molecule has 5 nitrogen and oxygen atoms in total. The van der Waals surface area contributed by atoms with E-state index in [9.17, 15) is 0 Å². The summed E-state index contributed by atoms with van der Waals surface area (Å²) in [6.07, 6.45) is 7.94. The van der Waals surface area contributed by atoms with Crippen molar-refractivity contribution in [3.8, 4) is 11.1 Å². The van der Waals surface area contributed by atoms with Crippen LogP contribution in [0.1, 0.15) is 18.3 Å². The topological polar surface area (TPSA) is 60.9 Å². The molecule has 0 radical (unpaired) electrons. The molecule has 0 amide bonds. The van der Waals surface area contributed by atoms with Crippen molar-refractivity contribution in [3.05, 3.63) is 145 Å². The van der Waals surface area contributed by atoms with Crippen molar-refractivity contribution < 1.29 is 8.98 Å². The number of fused-ring (bicyclic) bond motifs is 5. The molecule has 4 aromatic carbocycles. The van der Waals surface area contributed by atoms with Crippen LogP contribution in [0.25, 0.3) is 39.4 Å². The number of pyridine rings is 1. The van der Waals surface area contributed by atoms with Gasteiger partial charge in [0.15, 0.2) is 7.14 Å². The number of hydrogen-bond acceptors (Lipinski definition) is 4. The zero-order chi connectivity index (χ0) is 29.0. The average molecular weight is 578 g/mol. The van der Waals surface area contributed by atoms with Gasteiger partial charge in [-0.25, -0.2) is 4.98 Å². The molecule has 0 spiro atoms. The first-order valence-electron chi connectivity index (χ1n) is 14.4. The highest BCUT2D eigenvalue weighted by Crippen LogP contribution is 2.45. The van der Waals surface area contributed by atoms with Gasteiger partial charge < -0.3 is 8.98 Å². The number of rotatable bonds is 5. The Labute approximate surface area is 249 Å². The van der Waals surface area contributed by atoms with E-state index in [0.717, 1.165) is 60.6 Å². The molecular formula is C37H28N3O2P. The van der Waals surface area contributed by atoms with Crippen LogP contribution >= 0.6 is 7.14 Å². The number of aromatic nitrogens is 3. The van der Waals surface area contributed by atoms with Crippen molar-refractivity contribution in [2.45, 2.75) is 18.9 Å². The summed E-state index contributed by atoms with van der Waals surface area (Å²) in [6, 6.07) is 38.1. The zero-order valence-electron chi connectivity index (χ0n) is 23.6. The monoisotopic (exact) mass is 577 g/mol. The van der Waals surface area contributed by atoms with Gasteiger partial charge >= 0.3 is 0 Å². The third-order valence-corrected chi connectivity index (χ3v) is 11.6. The lowest BCUT2D eigenvalue weighted by molar-refractivity contribution is 0.463. The van der Waals surface area contributed by atoms with E-state index in [1.165, 1.54) is 0 Å². The fourth-order valence-electron chi connectivity index (χ4n) is 6.24. The van der Waals surface area contributed by atoms with Crippen LogP contribution in [0.15, 0.2) is 138 Å². The molecule has 1 aliphatic heterocycles. The molecule has 3 aromatic heterocycles. The molecule has 0 saturated carbocycles. The van der Waals surface area contributed by atoms with Crippen LogP contribution in [-0.4, -0.2) is 14.5 Å². The SMILES string of the molecule is CC1(c2cc(-c3cccnc3)cc(P(=O)(c3ccccc3)c3ccccc3)c2)C=Cc2nc3c4ccccc4oc3n2C1. The van der Waals surface area contributed by atoms with E-state index < -0.39 is 12.6 Å². The van der Waals surface area contributed by atoms with Gasteiger partial charge in [-0.15, -0.1) is 0 Å². The molecule has 7 aromatic rings. The number of para-hydroxylation sites is 1. The van der Waals surface area contributed by atoms with Gasteiger partial charge in [0.2, 0.25) is 5.71 Å². The molecule has 4 heterocycles. The van der Waals surface area contributed by atoms with E-state index in [0.29, 0.717) is 6.54 Å². The first kappa shape index (κ1) is 25.7. The Balaban J connectivity index is 1.34. The molecule has 0 fully saturated rings. The van der Waals surface area contributed by atoms with Crippen LogP contribution in [0, 0.1) is 0 Å². The Hall–Kier alpha value is -4.99. The molecule has 1 unspecified atom stereocenters. The van der Waals surface area contributed by atoms with Crippen LogP contribution in [0.3, 0.4) is 0 Å². The van der Waals surface area contributed by atoms with E-state index in [1.54, 1.807) is 6.20 Å². The summed E-state index contributed by atoms with van der Waals surface area (Å²) in [5, 5.41) is 3.42. The third-order valence-electron chi connectivity index (χ3n) is 8.56. The second-order valence-electron chi connectivity index (χ2n) is 11.3. The van der Waals surface area contributed by atoms with Gasteiger partial charge in [-0.05, 0) is 47.5 Å². The Morgan fingerprint density at radius 3 is 2.23 bits per heavy atom. The van der Waals surface area contributed by atoms with E-state index in [1.807, 2.05) is 91.1 Å². The number of imidazole rings is 1. The van der Waals surface area contributed by atoms with Crippen molar-refractivity contribution in [1.82, 2.24) is 14.5 Å². The predicted molar refractivity (Wildman–Crippen MR) is 175 cm³/mol. The second-order valence-corrected chi connectivity index (χ2v) is 14.1. The lowest BCUT2D eigenvalue weighted by Gasteiger charge is -2.32. The summed E-state index contributed by atoms with van der Waals surface area (Å²) in [5.41, 5.74) is 5.08. The summed E-state index contributed by atoms with van der Waals surface area (Å²) >= 11 is 0. The highest BCUT2D eigenvalue weighted by molar-refractivity contribution is 7.85. The summed E-state index contributed by atoms with van der Waals surface area (Å²) in [5.74, 6) is 0.875. The number of allylic oxidation sites excluding steroid dienone is 1. The van der Waals surface area contributed by atoms with E-state index in [4.69, 9.17) is 9.40 Å². The number of furan rings is 1. The average Bonchev–Trinajstić information content (AvgIpc) is 3.61. The van der Waals surface area contributed by atoms with Gasteiger partial charge in [-0.1, -0.05) is 97.9 Å². The third kappa shape index (κ3) is 4.11. The highest BCUT2D eigenvalue weighted by Gasteiger charge is 2.35. The fourth-order valence-corrected chi connectivity index (χ4v) is 8.96. The standard InChI is InChI=1S/C37H28N3O2P/c1-37(19-18-34-39-35-32-16-8-9-17-33(32)42-36(35)40(34)25-37)28-21-27(26-11-10-20-38-24-26)22-31(23-28)43(41,29-12-4-2-5-13-29)30-14-6-3-7-15-30/h2-24H,25H2,1H3. The lowest BCUT2D eigenvalue weighted by atomic mass is 9.79. The van der Waals surface area contributed by atoms with Crippen molar-refractivity contribution in [3.63, 3.8) is 0 Å². The van der Waals surface area contributed by atoms with Crippen LogP contribution in [0.4, 0.5) is 0 Å². The molecule has 208 valence electrons. The highest BCUT2D eigenvalue weighted by atomic mass is 31.2. The molecule has 1 atom stereocenters. The van der Waals surface area contributed by atoms with Gasteiger partial charge in [0.25, 0.3) is 0 Å². The number of benzene rings is 4. The van der Waals surface area contributed by atoms with Crippen molar-refractivity contribution in [2.24, 2.45) is 0 Å². The second kappa shape index (κ2) is 9.79. The fraction of sp³-hybridized carbons (Fsp3) is 0.0811. The van der Waals surface area contributed by atoms with Crippen molar-refractivity contribution in [1.29, 1.82) is 0 Å². The van der Waals surface area contributed by atoms with Crippen LogP contribution in [0.5, 0.6) is 0 Å². The first-order valence-corrected chi connectivity index (χ1v) is 16.1. The minimum absolute atomic E-state index is 0.426. The smallest absolute Gasteiger partial charge is 0.228 e. The summed E-state index contributed by atoms with van der Waals surface area (Å²) in [4.78, 5) is 9.33. The molecule has 0 N–H and O–H groups in total. The molecule has 8 rings (SSSR count). The number of hydrogen-bond donors (Lipinski definition) is 0. The molecule has 1 aliphatic rings. The molecule has 0 bridgehead atoms. The minimum Gasteiger partial charge on any atom is -0.438 e. The quantitative estimate of drug-likeness (QED) is 0.199. The van der Waals surface area contributed by atoms with Gasteiger partial charge in [0, 0.05) is 51.2 Å². The summed E-state index contributed by atoms with van der Waals surface area (Å²) in [6.45, 7) is 2.86. The molecular weight excluding hydrogens is 549 g/mol. The van der Waals surface area contributed by atoms with Crippen LogP contribution in [-0.2, 0) is 16.5 Å². The van der Waals surface area contributed by atoms with Gasteiger partial charge in [0.1, 0.15) is 16.9 Å². The van der Waals surface area contributed by atoms with Crippen molar-refractivity contribution in [2.75, 3.05) is 0 Å². The summed E-state index contributed by atoms with van der Waals surface area (Å²) in [7, 11) is -3.23. The predicted octanol–water partition coefficient (Wildman–Crippen LogP) is 7.47. The van der Waals surface area contributed by atoms with Gasteiger partial charge in [0.05, 0.1) is 0 Å². The normalized spacial score (nSPS) is 16.5. The Morgan fingerprint density at radius 1 is 0.791 bits per heavy atom. The Bertz CT molecular complexity index is 2160. The van der Waals surface area contributed by atoms with Crippen LogP contribution in [0.2, 0.25) is 0 Å². The van der Waals surface area contributed by atoms with E-state index in [2.05, 4.69) is 59.0 Å². The van der Waals surface area contributed by atoms with E-state index in [-0.39, 0.29) is 0 Å². The Morgan fingerprint density at radius 2 is 1.51 bits per heavy atom.